The second-order valence-corrected chi connectivity index (χ2v) is 6.46. The maximum atomic E-state index is 13.2. The lowest BCUT2D eigenvalue weighted by Gasteiger charge is -2.19. The first-order valence-corrected chi connectivity index (χ1v) is 8.67. The highest BCUT2D eigenvalue weighted by Gasteiger charge is 2.32. The van der Waals surface area contributed by atoms with Crippen LogP contribution < -0.4 is 5.72 Å². The number of imidazole rings is 1. The molecule has 1 unspecified atom stereocenters. The number of alkyl halides is 6. The molecule has 0 saturated carbocycles. The molecule has 3 rings (SSSR count). The molecule has 1 aromatic heterocycles. The van der Waals surface area contributed by atoms with Crippen molar-refractivity contribution in [3.63, 3.8) is 0 Å². The van der Waals surface area contributed by atoms with E-state index in [0.717, 1.165) is 24.3 Å². The van der Waals surface area contributed by atoms with E-state index < -0.39 is 29.3 Å². The molecule has 0 aliphatic heterocycles. The number of aromatic nitrogens is 2. The lowest BCUT2D eigenvalue weighted by molar-refractivity contribution is -0.138. The predicted molar refractivity (Wildman–Crippen MR) is 98.0 cm³/mol. The van der Waals surface area contributed by atoms with E-state index in [-0.39, 0.29) is 12.1 Å². The van der Waals surface area contributed by atoms with Crippen LogP contribution in [0, 0.1) is 11.3 Å². The van der Waals surface area contributed by atoms with Gasteiger partial charge in [0.25, 0.3) is 0 Å². The molecule has 2 aromatic carbocycles. The summed E-state index contributed by atoms with van der Waals surface area (Å²) in [5.41, 5.74) is -0.825. The quantitative estimate of drug-likeness (QED) is 0.449. The van der Waals surface area contributed by atoms with Crippen molar-refractivity contribution in [2.24, 2.45) is 0 Å². The number of hydrogen-bond donors (Lipinski definition) is 0. The molecule has 0 aliphatic carbocycles. The minimum Gasteiger partial charge on any atom is -0.330 e. The molecular formula is C20H13BF6N3. The summed E-state index contributed by atoms with van der Waals surface area (Å²) in [5, 5.41) is 8.92. The van der Waals surface area contributed by atoms with Gasteiger partial charge in [0.15, 0.2) is 0 Å². The van der Waals surface area contributed by atoms with Gasteiger partial charge in [-0.05, 0) is 35.1 Å². The highest BCUT2D eigenvalue weighted by Crippen LogP contribution is 2.34. The van der Waals surface area contributed by atoms with Gasteiger partial charge in [-0.3, -0.25) is 4.98 Å². The highest BCUT2D eigenvalue weighted by molar-refractivity contribution is 6.54. The summed E-state index contributed by atoms with van der Waals surface area (Å²) >= 11 is 0. The zero-order chi connectivity index (χ0) is 21.9. The fourth-order valence-electron chi connectivity index (χ4n) is 3.01. The number of benzene rings is 2. The number of hydrogen-bond acceptors (Lipinski definition) is 2. The van der Waals surface area contributed by atoms with Crippen molar-refractivity contribution in [1.29, 1.82) is 5.26 Å². The Labute approximate surface area is 168 Å². The van der Waals surface area contributed by atoms with Crippen LogP contribution in [-0.2, 0) is 18.9 Å². The summed E-state index contributed by atoms with van der Waals surface area (Å²) < 4.78 is 79.7. The third-order valence-electron chi connectivity index (χ3n) is 4.47. The van der Waals surface area contributed by atoms with Crippen LogP contribution >= 0.6 is 0 Å². The van der Waals surface area contributed by atoms with Gasteiger partial charge in [0, 0.05) is 12.4 Å². The Balaban J connectivity index is 2.05. The van der Waals surface area contributed by atoms with E-state index in [4.69, 9.17) is 5.26 Å². The average Bonchev–Trinajstić information content (AvgIpc) is 3.12. The molecule has 3 nitrogen and oxygen atoms in total. The summed E-state index contributed by atoms with van der Waals surface area (Å²) in [5.74, 6) is -0.811. The van der Waals surface area contributed by atoms with Crippen LogP contribution in [0.2, 0.25) is 0 Å². The Kier molecular flexibility index (Phi) is 5.92. The second kappa shape index (κ2) is 8.26. The molecule has 0 bridgehead atoms. The Morgan fingerprint density at radius 2 is 1.60 bits per heavy atom. The number of rotatable bonds is 5. The predicted octanol–water partition coefficient (Wildman–Crippen LogP) is 4.56. The maximum absolute atomic E-state index is 13.2. The lowest BCUT2D eigenvalue weighted by Crippen LogP contribution is -2.31. The third kappa shape index (κ3) is 4.85. The summed E-state index contributed by atoms with van der Waals surface area (Å²) in [4.78, 5) is 4.11. The first-order chi connectivity index (χ1) is 14.1. The number of halogens is 6. The monoisotopic (exact) mass is 420 g/mol. The van der Waals surface area contributed by atoms with E-state index in [1.807, 2.05) is 6.07 Å². The van der Waals surface area contributed by atoms with Gasteiger partial charge in [-0.15, -0.1) is 0 Å². The molecule has 3 aromatic rings. The summed E-state index contributed by atoms with van der Waals surface area (Å²) in [6.07, 6.45) is -6.14. The zero-order valence-electron chi connectivity index (χ0n) is 15.2. The molecule has 30 heavy (non-hydrogen) atoms. The first kappa shape index (κ1) is 21.5. The van der Waals surface area contributed by atoms with E-state index in [1.165, 1.54) is 48.5 Å². The molecule has 0 aliphatic rings. The molecule has 10 heteroatoms. The van der Waals surface area contributed by atoms with Gasteiger partial charge in [-0.2, -0.15) is 31.6 Å². The number of nitrogens with zero attached hydrogens (tertiary/aromatic N) is 3. The van der Waals surface area contributed by atoms with Crippen molar-refractivity contribution in [1.82, 2.24) is 9.55 Å². The van der Waals surface area contributed by atoms with Crippen LogP contribution in [0.25, 0.3) is 0 Å². The average molecular weight is 420 g/mol. The summed E-state index contributed by atoms with van der Waals surface area (Å²) in [7, 11) is 1.52. The van der Waals surface area contributed by atoms with E-state index in [2.05, 4.69) is 4.98 Å². The van der Waals surface area contributed by atoms with E-state index in [0.29, 0.717) is 11.3 Å². The van der Waals surface area contributed by atoms with Crippen LogP contribution in [0.4, 0.5) is 26.3 Å². The molecule has 1 atom stereocenters. The van der Waals surface area contributed by atoms with Crippen molar-refractivity contribution in [3.05, 3.63) is 83.2 Å². The van der Waals surface area contributed by atoms with Crippen molar-refractivity contribution in [2.45, 2.75) is 24.7 Å². The minimum absolute atomic E-state index is 0.0336. The second-order valence-electron chi connectivity index (χ2n) is 6.46. The van der Waals surface area contributed by atoms with Gasteiger partial charge in [-0.1, -0.05) is 30.3 Å². The van der Waals surface area contributed by atoms with Crippen LogP contribution in [0.5, 0.6) is 0 Å². The Morgan fingerprint density at radius 1 is 0.933 bits per heavy atom. The molecule has 1 radical (unpaired) electrons. The van der Waals surface area contributed by atoms with Gasteiger partial charge >= 0.3 is 12.4 Å². The normalized spacial score (nSPS) is 13.0. The number of nitriles is 1. The molecule has 1 heterocycles. The molecule has 0 spiro atoms. The van der Waals surface area contributed by atoms with Gasteiger partial charge < -0.3 is 4.57 Å². The van der Waals surface area contributed by atoms with Crippen molar-refractivity contribution in [3.8, 4) is 6.07 Å². The Bertz CT molecular complexity index is 1050. The highest BCUT2D eigenvalue weighted by atomic mass is 19.4. The zero-order valence-corrected chi connectivity index (χ0v) is 15.2. The lowest BCUT2D eigenvalue weighted by atomic mass is 9.58. The molecule has 0 N–H and O–H groups in total. The van der Waals surface area contributed by atoms with Crippen molar-refractivity contribution >= 4 is 13.0 Å². The standard InChI is InChI=1S/C20H13BF6N3/c22-19(23,24)15-6-4-13(5-7-15)17(21-18-29-9-11-30(18)10-8-28)14-2-1-3-16(12-14)20(25,26)27/h1-7,9,11-12,17H,10H2. The fraction of sp³-hybridized carbons (Fsp3) is 0.200. The first-order valence-electron chi connectivity index (χ1n) is 8.67. The molecule has 0 fully saturated rings. The van der Waals surface area contributed by atoms with Gasteiger partial charge in [0.1, 0.15) is 6.54 Å². The summed E-state index contributed by atoms with van der Waals surface area (Å²) in [6, 6.07) is 10.7. The largest absolute Gasteiger partial charge is 0.416 e. The van der Waals surface area contributed by atoms with E-state index in [9.17, 15) is 26.3 Å². The summed E-state index contributed by atoms with van der Waals surface area (Å²) in [6.45, 7) is -0.0336. The minimum atomic E-state index is -4.57. The molecular weight excluding hydrogens is 407 g/mol. The van der Waals surface area contributed by atoms with Crippen molar-refractivity contribution < 1.29 is 26.3 Å². The van der Waals surface area contributed by atoms with Crippen LogP contribution in [-0.4, -0.2) is 16.8 Å². The smallest absolute Gasteiger partial charge is 0.330 e. The Hall–Kier alpha value is -3.22. The van der Waals surface area contributed by atoms with Gasteiger partial charge in [0.2, 0.25) is 7.28 Å². The van der Waals surface area contributed by atoms with Gasteiger partial charge in [0.05, 0.1) is 22.9 Å². The van der Waals surface area contributed by atoms with Crippen LogP contribution in [0.15, 0.2) is 60.9 Å². The third-order valence-corrected chi connectivity index (χ3v) is 4.47. The van der Waals surface area contributed by atoms with E-state index in [1.54, 1.807) is 0 Å². The fourth-order valence-corrected chi connectivity index (χ4v) is 3.01. The molecule has 153 valence electrons. The van der Waals surface area contributed by atoms with Crippen molar-refractivity contribution in [2.75, 3.05) is 0 Å². The van der Waals surface area contributed by atoms with Gasteiger partial charge in [-0.25, -0.2) is 0 Å². The molecule has 0 amide bonds. The molecule has 0 saturated heterocycles. The maximum Gasteiger partial charge on any atom is 0.416 e. The Morgan fingerprint density at radius 3 is 2.20 bits per heavy atom. The SMILES string of the molecule is N#CCn1ccnc1[B]C(c1ccc(C(F)(F)F)cc1)c1cccc(C(F)(F)F)c1. The topological polar surface area (TPSA) is 41.6 Å². The van der Waals surface area contributed by atoms with Crippen LogP contribution in [0.1, 0.15) is 28.1 Å². The van der Waals surface area contributed by atoms with E-state index >= 15 is 0 Å². The van der Waals surface area contributed by atoms with Crippen LogP contribution in [0.3, 0.4) is 0 Å².